The summed E-state index contributed by atoms with van der Waals surface area (Å²) in [5, 5.41) is 11.8. The number of carbonyl (C=O) groups excluding carboxylic acids is 1. The SMILES string of the molecule is C[C@@H]1C[C@]1(CO)NC(=O)OC(C)(C)C. The minimum atomic E-state index is -0.487. The van der Waals surface area contributed by atoms with Crippen LogP contribution in [0.4, 0.5) is 4.79 Å². The van der Waals surface area contributed by atoms with E-state index in [0.29, 0.717) is 5.92 Å². The summed E-state index contributed by atoms with van der Waals surface area (Å²) in [6, 6.07) is 0. The summed E-state index contributed by atoms with van der Waals surface area (Å²) in [5.74, 6) is 0.333. The van der Waals surface area contributed by atoms with Crippen LogP contribution in [-0.4, -0.2) is 28.9 Å². The lowest BCUT2D eigenvalue weighted by Crippen LogP contribution is -2.43. The van der Waals surface area contributed by atoms with E-state index in [9.17, 15) is 4.79 Å². The zero-order valence-corrected chi connectivity index (χ0v) is 9.26. The van der Waals surface area contributed by atoms with Crippen LogP contribution in [0, 0.1) is 5.92 Å². The molecule has 0 heterocycles. The maximum atomic E-state index is 11.4. The normalized spacial score (nSPS) is 31.1. The highest BCUT2D eigenvalue weighted by Gasteiger charge is 2.52. The van der Waals surface area contributed by atoms with Gasteiger partial charge in [-0.05, 0) is 33.1 Å². The maximum absolute atomic E-state index is 11.4. The molecule has 0 unspecified atom stereocenters. The second-order valence-electron chi connectivity index (χ2n) is 5.05. The highest BCUT2D eigenvalue weighted by Crippen LogP contribution is 2.42. The highest BCUT2D eigenvalue weighted by atomic mass is 16.6. The van der Waals surface area contributed by atoms with E-state index in [1.54, 1.807) is 0 Å². The molecule has 1 aliphatic rings. The van der Waals surface area contributed by atoms with Crippen LogP contribution in [0.3, 0.4) is 0 Å². The van der Waals surface area contributed by atoms with Crippen LogP contribution >= 0.6 is 0 Å². The summed E-state index contributed by atoms with van der Waals surface area (Å²) in [6.07, 6.45) is 0.374. The van der Waals surface area contributed by atoms with E-state index < -0.39 is 17.2 Å². The van der Waals surface area contributed by atoms with Gasteiger partial charge < -0.3 is 15.2 Å². The Hall–Kier alpha value is -0.770. The largest absolute Gasteiger partial charge is 0.444 e. The van der Waals surface area contributed by atoms with Crippen LogP contribution in [0.1, 0.15) is 34.1 Å². The minimum absolute atomic E-state index is 0.0204. The Morgan fingerprint density at radius 2 is 2.14 bits per heavy atom. The standard InChI is InChI=1S/C10H19NO3/c1-7-5-10(7,6-12)11-8(13)14-9(2,3)4/h7,12H,5-6H2,1-4H3,(H,11,13)/t7-,10-/m1/s1. The third kappa shape index (κ3) is 2.61. The number of hydrogen-bond donors (Lipinski definition) is 2. The van der Waals surface area contributed by atoms with Gasteiger partial charge in [0.1, 0.15) is 5.60 Å². The van der Waals surface area contributed by atoms with Gasteiger partial charge >= 0.3 is 6.09 Å². The predicted molar refractivity (Wildman–Crippen MR) is 53.0 cm³/mol. The van der Waals surface area contributed by atoms with Crippen molar-refractivity contribution in [2.45, 2.75) is 45.3 Å². The monoisotopic (exact) mass is 201 g/mol. The second kappa shape index (κ2) is 3.42. The predicted octanol–water partition coefficient (Wildman–Crippen LogP) is 1.28. The molecule has 2 N–H and O–H groups in total. The Labute approximate surface area is 84.6 Å². The smallest absolute Gasteiger partial charge is 0.408 e. The van der Waals surface area contributed by atoms with Crippen molar-refractivity contribution in [2.24, 2.45) is 5.92 Å². The molecule has 0 aromatic carbocycles. The van der Waals surface area contributed by atoms with Crippen LogP contribution in [0.2, 0.25) is 0 Å². The Bertz CT molecular complexity index is 230. The molecule has 82 valence electrons. The molecule has 0 spiro atoms. The molecule has 1 fully saturated rings. The van der Waals surface area contributed by atoms with Crippen molar-refractivity contribution >= 4 is 6.09 Å². The van der Waals surface area contributed by atoms with Crippen LogP contribution < -0.4 is 5.32 Å². The van der Waals surface area contributed by atoms with Crippen LogP contribution in [0.15, 0.2) is 0 Å². The zero-order valence-electron chi connectivity index (χ0n) is 9.26. The number of alkyl carbamates (subject to hydrolysis) is 1. The summed E-state index contributed by atoms with van der Waals surface area (Å²) in [5.41, 5.74) is -0.915. The molecule has 4 nitrogen and oxygen atoms in total. The first kappa shape index (κ1) is 11.3. The molecule has 1 amide bonds. The molecular formula is C10H19NO3. The summed E-state index contributed by atoms with van der Waals surface area (Å²) in [7, 11) is 0. The van der Waals surface area contributed by atoms with Gasteiger partial charge in [-0.15, -0.1) is 0 Å². The second-order valence-corrected chi connectivity index (χ2v) is 5.05. The molecule has 0 aliphatic heterocycles. The Kier molecular flexibility index (Phi) is 2.76. The lowest BCUT2D eigenvalue weighted by Gasteiger charge is -2.22. The third-order valence-corrected chi connectivity index (χ3v) is 2.49. The first-order valence-corrected chi connectivity index (χ1v) is 4.91. The fourth-order valence-corrected chi connectivity index (χ4v) is 1.43. The molecule has 0 aromatic rings. The minimum Gasteiger partial charge on any atom is -0.444 e. The van der Waals surface area contributed by atoms with Crippen LogP contribution in [0.25, 0.3) is 0 Å². The molecule has 0 bridgehead atoms. The third-order valence-electron chi connectivity index (χ3n) is 2.49. The van der Waals surface area contributed by atoms with E-state index in [1.165, 1.54) is 0 Å². The van der Waals surface area contributed by atoms with E-state index in [-0.39, 0.29) is 6.61 Å². The summed E-state index contributed by atoms with van der Waals surface area (Å²) >= 11 is 0. The zero-order chi connectivity index (χ0) is 11.0. The highest BCUT2D eigenvalue weighted by molar-refractivity contribution is 5.69. The molecule has 1 saturated carbocycles. The van der Waals surface area contributed by atoms with E-state index in [1.807, 2.05) is 27.7 Å². The number of aliphatic hydroxyl groups excluding tert-OH is 1. The van der Waals surface area contributed by atoms with Crippen molar-refractivity contribution in [3.8, 4) is 0 Å². The van der Waals surface area contributed by atoms with E-state index in [2.05, 4.69) is 5.32 Å². The fraction of sp³-hybridized carbons (Fsp3) is 0.900. The molecule has 0 saturated heterocycles. The number of amides is 1. The van der Waals surface area contributed by atoms with E-state index in [4.69, 9.17) is 9.84 Å². The van der Waals surface area contributed by atoms with Crippen molar-refractivity contribution in [3.05, 3.63) is 0 Å². The summed E-state index contributed by atoms with van der Waals surface area (Å²) in [6.45, 7) is 7.42. The van der Waals surface area contributed by atoms with Gasteiger partial charge in [-0.2, -0.15) is 0 Å². The van der Waals surface area contributed by atoms with Gasteiger partial charge in [-0.3, -0.25) is 0 Å². The van der Waals surface area contributed by atoms with Crippen molar-refractivity contribution in [3.63, 3.8) is 0 Å². The van der Waals surface area contributed by atoms with Gasteiger partial charge in [0.05, 0.1) is 12.1 Å². The summed E-state index contributed by atoms with van der Waals surface area (Å²) < 4.78 is 5.10. The molecule has 1 aliphatic carbocycles. The Balaban J connectivity index is 2.42. The molecular weight excluding hydrogens is 182 g/mol. The molecule has 2 atom stereocenters. The van der Waals surface area contributed by atoms with Gasteiger partial charge in [-0.1, -0.05) is 6.92 Å². The average molecular weight is 201 g/mol. The molecule has 0 radical (unpaired) electrons. The topological polar surface area (TPSA) is 58.6 Å². The molecule has 4 heteroatoms. The molecule has 14 heavy (non-hydrogen) atoms. The number of rotatable bonds is 2. The summed E-state index contributed by atoms with van der Waals surface area (Å²) in [4.78, 5) is 11.4. The van der Waals surface area contributed by atoms with Gasteiger partial charge in [0.2, 0.25) is 0 Å². The van der Waals surface area contributed by atoms with Gasteiger partial charge in [0.25, 0.3) is 0 Å². The van der Waals surface area contributed by atoms with Gasteiger partial charge in [0, 0.05) is 0 Å². The van der Waals surface area contributed by atoms with Gasteiger partial charge in [0.15, 0.2) is 0 Å². The van der Waals surface area contributed by atoms with Crippen molar-refractivity contribution < 1.29 is 14.6 Å². The van der Waals surface area contributed by atoms with E-state index >= 15 is 0 Å². The van der Waals surface area contributed by atoms with Crippen LogP contribution in [-0.2, 0) is 4.74 Å². The number of hydrogen-bond acceptors (Lipinski definition) is 3. The van der Waals surface area contributed by atoms with Crippen LogP contribution in [0.5, 0.6) is 0 Å². The quantitative estimate of drug-likeness (QED) is 0.707. The average Bonchev–Trinajstić information content (AvgIpc) is 2.58. The lowest BCUT2D eigenvalue weighted by atomic mass is 10.2. The fourth-order valence-electron chi connectivity index (χ4n) is 1.43. The Morgan fingerprint density at radius 3 is 2.43 bits per heavy atom. The number of aliphatic hydroxyl groups is 1. The molecule has 1 rings (SSSR count). The maximum Gasteiger partial charge on any atom is 0.408 e. The molecule has 0 aromatic heterocycles. The number of carbonyl (C=O) groups is 1. The lowest BCUT2D eigenvalue weighted by molar-refractivity contribution is 0.0463. The number of ether oxygens (including phenoxy) is 1. The Morgan fingerprint density at radius 1 is 1.64 bits per heavy atom. The van der Waals surface area contributed by atoms with Crippen molar-refractivity contribution in [1.29, 1.82) is 0 Å². The number of nitrogens with one attached hydrogen (secondary N) is 1. The first-order chi connectivity index (χ1) is 6.29. The van der Waals surface area contributed by atoms with Gasteiger partial charge in [-0.25, -0.2) is 4.79 Å². The van der Waals surface area contributed by atoms with Crippen molar-refractivity contribution in [2.75, 3.05) is 6.61 Å². The van der Waals surface area contributed by atoms with Crippen molar-refractivity contribution in [1.82, 2.24) is 5.32 Å². The van der Waals surface area contributed by atoms with E-state index in [0.717, 1.165) is 6.42 Å². The first-order valence-electron chi connectivity index (χ1n) is 4.91.